The molecule has 5 heteroatoms. The number of hydrogen-bond acceptors (Lipinski definition) is 2. The highest BCUT2D eigenvalue weighted by molar-refractivity contribution is 5.97. The summed E-state index contributed by atoms with van der Waals surface area (Å²) in [6, 6.07) is 9.37. The molecule has 2 aliphatic heterocycles. The third kappa shape index (κ3) is 2.00. The molecule has 1 aromatic carbocycles. The molecule has 2 N–H and O–H groups in total. The second-order valence-corrected chi connectivity index (χ2v) is 5.84. The number of rotatable bonds is 2. The summed E-state index contributed by atoms with van der Waals surface area (Å²) >= 11 is 0. The lowest BCUT2D eigenvalue weighted by molar-refractivity contribution is -0.147. The number of fused-ring (bicyclic) bond motifs is 2. The zero-order valence-electron chi connectivity index (χ0n) is 11.6. The molecular formula is C16H17N3O2. The highest BCUT2D eigenvalue weighted by Crippen LogP contribution is 2.24. The van der Waals surface area contributed by atoms with Crippen LogP contribution >= 0.6 is 0 Å². The van der Waals surface area contributed by atoms with Crippen molar-refractivity contribution in [2.24, 2.45) is 0 Å². The van der Waals surface area contributed by atoms with E-state index >= 15 is 0 Å². The van der Waals surface area contributed by atoms with Gasteiger partial charge in [0.2, 0.25) is 11.8 Å². The number of benzene rings is 1. The first-order chi connectivity index (χ1) is 10.2. The number of aromatic nitrogens is 1. The standard InChI is InChI=1S/C16H17N3O2/c20-15-14-6-3-7-19(14)16(21)13(18-15)9-11-8-10-4-1-2-5-12(10)17-11/h1-2,4-5,8,13-14,17H,3,6-7,9H2,(H,18,20)/t13-,14-/m0/s1. The summed E-state index contributed by atoms with van der Waals surface area (Å²) in [5, 5.41) is 4.01. The van der Waals surface area contributed by atoms with Crippen molar-refractivity contribution in [3.63, 3.8) is 0 Å². The van der Waals surface area contributed by atoms with Gasteiger partial charge in [-0.1, -0.05) is 18.2 Å². The fourth-order valence-corrected chi connectivity index (χ4v) is 3.43. The van der Waals surface area contributed by atoms with Gasteiger partial charge in [0.05, 0.1) is 0 Å². The van der Waals surface area contributed by atoms with Gasteiger partial charge in [0, 0.05) is 24.2 Å². The SMILES string of the molecule is O=C1N[C@@H](Cc2cc3ccccc3[nH]2)C(=O)N2CCC[C@@H]12. The number of para-hydroxylation sites is 1. The van der Waals surface area contributed by atoms with E-state index < -0.39 is 6.04 Å². The minimum atomic E-state index is -0.445. The van der Waals surface area contributed by atoms with Gasteiger partial charge in [-0.15, -0.1) is 0 Å². The Morgan fingerprint density at radius 2 is 2.10 bits per heavy atom. The summed E-state index contributed by atoms with van der Waals surface area (Å²) < 4.78 is 0. The quantitative estimate of drug-likeness (QED) is 0.870. The van der Waals surface area contributed by atoms with Crippen molar-refractivity contribution in [3.8, 4) is 0 Å². The van der Waals surface area contributed by atoms with Gasteiger partial charge in [0.15, 0.2) is 0 Å². The molecule has 0 aliphatic carbocycles. The Morgan fingerprint density at radius 3 is 2.95 bits per heavy atom. The van der Waals surface area contributed by atoms with Gasteiger partial charge in [-0.25, -0.2) is 0 Å². The predicted molar refractivity (Wildman–Crippen MR) is 78.7 cm³/mol. The molecule has 2 aliphatic rings. The first-order valence-electron chi connectivity index (χ1n) is 7.40. The summed E-state index contributed by atoms with van der Waals surface area (Å²) in [6.07, 6.45) is 2.22. The fraction of sp³-hybridized carbons (Fsp3) is 0.375. The van der Waals surface area contributed by atoms with E-state index in [2.05, 4.69) is 10.3 Å². The van der Waals surface area contributed by atoms with Crippen LogP contribution in [0.1, 0.15) is 18.5 Å². The van der Waals surface area contributed by atoms with Gasteiger partial charge < -0.3 is 15.2 Å². The van der Waals surface area contributed by atoms with Crippen LogP contribution in [0.2, 0.25) is 0 Å². The molecule has 2 saturated heterocycles. The van der Waals surface area contributed by atoms with Crippen molar-refractivity contribution >= 4 is 22.7 Å². The lowest BCUT2D eigenvalue weighted by atomic mass is 10.0. The number of H-pyrrole nitrogens is 1. The number of carbonyl (C=O) groups excluding carboxylic acids is 2. The maximum Gasteiger partial charge on any atom is 0.246 e. The summed E-state index contributed by atoms with van der Waals surface area (Å²) in [4.78, 5) is 29.6. The Kier molecular flexibility index (Phi) is 2.74. The van der Waals surface area contributed by atoms with Gasteiger partial charge in [-0.05, 0) is 30.4 Å². The van der Waals surface area contributed by atoms with E-state index in [0.29, 0.717) is 13.0 Å². The van der Waals surface area contributed by atoms with E-state index in [1.807, 2.05) is 30.3 Å². The van der Waals surface area contributed by atoms with Crippen molar-refractivity contribution < 1.29 is 9.59 Å². The molecule has 2 fully saturated rings. The third-order valence-electron chi connectivity index (χ3n) is 4.46. The molecule has 0 saturated carbocycles. The number of carbonyl (C=O) groups is 2. The minimum absolute atomic E-state index is 0.00629. The number of amides is 2. The smallest absolute Gasteiger partial charge is 0.246 e. The second-order valence-electron chi connectivity index (χ2n) is 5.84. The van der Waals surface area contributed by atoms with Crippen molar-refractivity contribution in [2.45, 2.75) is 31.3 Å². The van der Waals surface area contributed by atoms with Gasteiger partial charge in [0.25, 0.3) is 0 Å². The van der Waals surface area contributed by atoms with Crippen molar-refractivity contribution in [2.75, 3.05) is 6.54 Å². The van der Waals surface area contributed by atoms with E-state index in [-0.39, 0.29) is 17.9 Å². The van der Waals surface area contributed by atoms with Crippen LogP contribution < -0.4 is 5.32 Å². The van der Waals surface area contributed by atoms with Crippen LogP contribution in [0.3, 0.4) is 0 Å². The molecule has 0 radical (unpaired) electrons. The van der Waals surface area contributed by atoms with E-state index in [4.69, 9.17) is 0 Å². The molecule has 0 bridgehead atoms. The monoisotopic (exact) mass is 283 g/mol. The average molecular weight is 283 g/mol. The molecule has 1 aromatic heterocycles. The second kappa shape index (κ2) is 4.62. The highest BCUT2D eigenvalue weighted by Gasteiger charge is 2.42. The minimum Gasteiger partial charge on any atom is -0.358 e. The molecular weight excluding hydrogens is 266 g/mol. The maximum atomic E-state index is 12.5. The largest absolute Gasteiger partial charge is 0.358 e. The van der Waals surface area contributed by atoms with Crippen LogP contribution in [0.25, 0.3) is 10.9 Å². The number of hydrogen-bond donors (Lipinski definition) is 2. The molecule has 21 heavy (non-hydrogen) atoms. The fourth-order valence-electron chi connectivity index (χ4n) is 3.43. The topological polar surface area (TPSA) is 65.2 Å². The normalized spacial score (nSPS) is 25.2. The third-order valence-corrected chi connectivity index (χ3v) is 4.46. The molecule has 3 heterocycles. The molecule has 5 nitrogen and oxygen atoms in total. The molecule has 2 amide bonds. The Bertz CT molecular complexity index is 688. The Balaban J connectivity index is 1.58. The number of aromatic amines is 1. The molecule has 0 unspecified atom stereocenters. The van der Waals surface area contributed by atoms with Crippen molar-refractivity contribution in [1.29, 1.82) is 0 Å². The van der Waals surface area contributed by atoms with E-state index in [9.17, 15) is 9.59 Å². The van der Waals surface area contributed by atoms with Crippen molar-refractivity contribution in [1.82, 2.24) is 15.2 Å². The average Bonchev–Trinajstić information content (AvgIpc) is 3.10. The number of nitrogens with one attached hydrogen (secondary N) is 2. The molecule has 2 atom stereocenters. The lowest BCUT2D eigenvalue weighted by Crippen LogP contribution is -2.61. The van der Waals surface area contributed by atoms with Crippen LogP contribution in [-0.2, 0) is 16.0 Å². The number of nitrogens with zero attached hydrogens (tertiary/aromatic N) is 1. The maximum absolute atomic E-state index is 12.5. The molecule has 4 rings (SSSR count). The number of piperazine rings is 1. The molecule has 2 aromatic rings. The van der Waals surface area contributed by atoms with E-state index in [1.165, 1.54) is 0 Å². The Labute approximate surface area is 122 Å². The first kappa shape index (κ1) is 12.4. The summed E-state index contributed by atoms with van der Waals surface area (Å²) in [5.41, 5.74) is 2.04. The Hall–Kier alpha value is -2.30. The molecule has 0 spiro atoms. The zero-order valence-corrected chi connectivity index (χ0v) is 11.6. The lowest BCUT2D eigenvalue weighted by Gasteiger charge is -2.34. The van der Waals surface area contributed by atoms with Gasteiger partial charge in [-0.2, -0.15) is 0 Å². The first-order valence-corrected chi connectivity index (χ1v) is 7.40. The summed E-state index contributed by atoms with van der Waals surface area (Å²) in [5.74, 6) is 0.0453. The molecule has 108 valence electrons. The predicted octanol–water partition coefficient (Wildman–Crippen LogP) is 1.20. The Morgan fingerprint density at radius 1 is 1.24 bits per heavy atom. The van der Waals surface area contributed by atoms with Gasteiger partial charge in [0.1, 0.15) is 12.1 Å². The summed E-state index contributed by atoms with van der Waals surface area (Å²) in [7, 11) is 0. The van der Waals surface area contributed by atoms with Crippen LogP contribution in [0, 0.1) is 0 Å². The van der Waals surface area contributed by atoms with Crippen LogP contribution in [0.15, 0.2) is 30.3 Å². The van der Waals surface area contributed by atoms with E-state index in [0.717, 1.165) is 29.4 Å². The van der Waals surface area contributed by atoms with E-state index in [1.54, 1.807) is 4.90 Å². The highest BCUT2D eigenvalue weighted by atomic mass is 16.2. The van der Waals surface area contributed by atoms with Gasteiger partial charge in [-0.3, -0.25) is 9.59 Å². The van der Waals surface area contributed by atoms with Crippen LogP contribution in [-0.4, -0.2) is 40.3 Å². The van der Waals surface area contributed by atoms with Crippen LogP contribution in [0.5, 0.6) is 0 Å². The zero-order chi connectivity index (χ0) is 14.4. The van der Waals surface area contributed by atoms with Crippen LogP contribution in [0.4, 0.5) is 0 Å². The van der Waals surface area contributed by atoms with Gasteiger partial charge >= 0.3 is 0 Å². The van der Waals surface area contributed by atoms with Crippen molar-refractivity contribution in [3.05, 3.63) is 36.0 Å². The summed E-state index contributed by atoms with van der Waals surface area (Å²) in [6.45, 7) is 0.708.